The van der Waals surface area contributed by atoms with E-state index in [1.807, 2.05) is 19.1 Å². The van der Waals surface area contributed by atoms with Crippen molar-refractivity contribution in [1.82, 2.24) is 5.16 Å². The van der Waals surface area contributed by atoms with Gasteiger partial charge in [0.25, 0.3) is 0 Å². The van der Waals surface area contributed by atoms with Gasteiger partial charge in [-0.25, -0.2) is 0 Å². The van der Waals surface area contributed by atoms with E-state index in [2.05, 4.69) is 54.0 Å². The fourth-order valence-electron chi connectivity index (χ4n) is 2.31. The van der Waals surface area contributed by atoms with Crippen molar-refractivity contribution in [3.8, 4) is 11.3 Å². The lowest BCUT2D eigenvalue weighted by Gasteiger charge is -2.17. The molecule has 0 radical (unpaired) electrons. The molecule has 0 spiro atoms. The fraction of sp³-hybridized carbons (Fsp3) is 0.471. The molecule has 0 aliphatic heterocycles. The van der Waals surface area contributed by atoms with E-state index in [4.69, 9.17) is 4.52 Å². The Morgan fingerprint density at radius 2 is 1.80 bits per heavy atom. The van der Waals surface area contributed by atoms with E-state index in [-0.39, 0.29) is 0 Å². The molecular formula is C17H22BrNO. The number of hydrogen-bond donors (Lipinski definition) is 0. The van der Waals surface area contributed by atoms with Gasteiger partial charge in [-0.2, -0.15) is 0 Å². The maximum absolute atomic E-state index is 5.54. The van der Waals surface area contributed by atoms with Crippen molar-refractivity contribution in [1.29, 1.82) is 0 Å². The fourth-order valence-corrected chi connectivity index (χ4v) is 2.57. The third-order valence-corrected chi connectivity index (χ3v) is 3.97. The standard InChI is InChI=1S/C17H22BrNO/c1-12-15(6-5-11-17(2,3)4)16(20-19-12)13-7-9-14(18)10-8-13/h7-10H,5-6,11H2,1-4H3. The number of benzene rings is 1. The van der Waals surface area contributed by atoms with Crippen LogP contribution in [0, 0.1) is 12.3 Å². The van der Waals surface area contributed by atoms with Gasteiger partial charge in [-0.15, -0.1) is 0 Å². The minimum absolute atomic E-state index is 0.378. The van der Waals surface area contributed by atoms with Crippen molar-refractivity contribution in [2.45, 2.75) is 47.0 Å². The topological polar surface area (TPSA) is 26.0 Å². The first-order valence-electron chi connectivity index (χ1n) is 7.08. The number of aryl methyl sites for hydroxylation is 1. The third kappa shape index (κ3) is 3.95. The molecule has 0 aliphatic rings. The van der Waals surface area contributed by atoms with E-state index >= 15 is 0 Å². The minimum atomic E-state index is 0.378. The SMILES string of the molecule is Cc1noc(-c2ccc(Br)cc2)c1CCCC(C)(C)C. The van der Waals surface area contributed by atoms with Crippen LogP contribution in [0.5, 0.6) is 0 Å². The molecule has 0 aliphatic carbocycles. The Morgan fingerprint density at radius 1 is 1.15 bits per heavy atom. The summed E-state index contributed by atoms with van der Waals surface area (Å²) in [5.41, 5.74) is 3.73. The molecule has 1 aromatic heterocycles. The van der Waals surface area contributed by atoms with Gasteiger partial charge in [0.15, 0.2) is 5.76 Å². The summed E-state index contributed by atoms with van der Waals surface area (Å²) in [6.07, 6.45) is 3.39. The van der Waals surface area contributed by atoms with Crippen LogP contribution in [0.1, 0.15) is 44.9 Å². The highest BCUT2D eigenvalue weighted by Gasteiger charge is 2.16. The molecule has 1 heterocycles. The summed E-state index contributed by atoms with van der Waals surface area (Å²) in [5, 5.41) is 4.14. The average Bonchev–Trinajstić information content (AvgIpc) is 2.71. The zero-order valence-corrected chi connectivity index (χ0v) is 14.3. The predicted molar refractivity (Wildman–Crippen MR) is 86.8 cm³/mol. The highest BCUT2D eigenvalue weighted by molar-refractivity contribution is 9.10. The second-order valence-corrected chi connectivity index (χ2v) is 7.41. The zero-order chi connectivity index (χ0) is 14.8. The number of aromatic nitrogens is 1. The van der Waals surface area contributed by atoms with Gasteiger partial charge in [-0.3, -0.25) is 0 Å². The van der Waals surface area contributed by atoms with Gasteiger partial charge < -0.3 is 4.52 Å². The van der Waals surface area contributed by atoms with Gasteiger partial charge in [-0.1, -0.05) is 54.0 Å². The van der Waals surface area contributed by atoms with Crippen LogP contribution < -0.4 is 0 Å². The van der Waals surface area contributed by atoms with Gasteiger partial charge >= 0.3 is 0 Å². The van der Waals surface area contributed by atoms with Gasteiger partial charge in [0, 0.05) is 15.6 Å². The van der Waals surface area contributed by atoms with Crippen LogP contribution >= 0.6 is 15.9 Å². The highest BCUT2D eigenvalue weighted by Crippen LogP contribution is 2.30. The molecule has 108 valence electrons. The second-order valence-electron chi connectivity index (χ2n) is 6.50. The summed E-state index contributed by atoms with van der Waals surface area (Å²) < 4.78 is 6.61. The Bertz CT molecular complexity index is 564. The molecule has 0 unspecified atom stereocenters. The lowest BCUT2D eigenvalue weighted by atomic mass is 9.88. The molecule has 2 aromatic rings. The van der Waals surface area contributed by atoms with Crippen LogP contribution in [0.15, 0.2) is 33.3 Å². The molecule has 2 rings (SSSR count). The largest absolute Gasteiger partial charge is 0.356 e. The first kappa shape index (κ1) is 15.3. The molecule has 0 saturated heterocycles. The number of nitrogens with zero attached hydrogens (tertiary/aromatic N) is 1. The molecule has 1 aromatic carbocycles. The maximum Gasteiger partial charge on any atom is 0.170 e. The lowest BCUT2D eigenvalue weighted by molar-refractivity contribution is 0.365. The van der Waals surface area contributed by atoms with E-state index in [1.165, 1.54) is 12.0 Å². The van der Waals surface area contributed by atoms with Crippen molar-refractivity contribution in [3.05, 3.63) is 40.0 Å². The van der Waals surface area contributed by atoms with Gasteiger partial charge in [0.05, 0.1) is 5.69 Å². The Kier molecular flexibility index (Phi) is 4.69. The third-order valence-electron chi connectivity index (χ3n) is 3.44. The van der Waals surface area contributed by atoms with E-state index in [1.54, 1.807) is 0 Å². The summed E-state index contributed by atoms with van der Waals surface area (Å²) in [7, 11) is 0. The second kappa shape index (κ2) is 6.13. The van der Waals surface area contributed by atoms with Crippen molar-refractivity contribution in [3.63, 3.8) is 0 Å². The maximum atomic E-state index is 5.54. The Morgan fingerprint density at radius 3 is 2.40 bits per heavy atom. The molecule has 0 atom stereocenters. The summed E-state index contributed by atoms with van der Waals surface area (Å²) in [5.74, 6) is 0.920. The Hall–Kier alpha value is -1.09. The molecule has 20 heavy (non-hydrogen) atoms. The molecule has 2 nitrogen and oxygen atoms in total. The van der Waals surface area contributed by atoms with Gasteiger partial charge in [0.2, 0.25) is 0 Å². The summed E-state index contributed by atoms with van der Waals surface area (Å²) in [6.45, 7) is 8.87. The average molecular weight is 336 g/mol. The van der Waals surface area contributed by atoms with Gasteiger partial charge in [0.1, 0.15) is 0 Å². The van der Waals surface area contributed by atoms with E-state index in [9.17, 15) is 0 Å². The van der Waals surface area contributed by atoms with E-state index in [0.29, 0.717) is 5.41 Å². The van der Waals surface area contributed by atoms with Crippen LogP contribution in [-0.4, -0.2) is 5.16 Å². The number of rotatable bonds is 4. The predicted octanol–water partition coefficient (Wildman–Crippen LogP) is 5.78. The van der Waals surface area contributed by atoms with Crippen LogP contribution in [-0.2, 0) is 6.42 Å². The molecule has 3 heteroatoms. The molecule has 0 amide bonds. The van der Waals surface area contributed by atoms with Crippen molar-refractivity contribution < 1.29 is 4.52 Å². The van der Waals surface area contributed by atoms with Gasteiger partial charge in [-0.05, 0) is 43.7 Å². The summed E-state index contributed by atoms with van der Waals surface area (Å²) in [6, 6.07) is 8.20. The smallest absolute Gasteiger partial charge is 0.170 e. The van der Waals surface area contributed by atoms with Crippen molar-refractivity contribution >= 4 is 15.9 Å². The first-order chi connectivity index (χ1) is 9.37. The van der Waals surface area contributed by atoms with E-state index < -0.39 is 0 Å². The molecule has 0 N–H and O–H groups in total. The monoisotopic (exact) mass is 335 g/mol. The molecule has 0 bridgehead atoms. The summed E-state index contributed by atoms with van der Waals surface area (Å²) >= 11 is 3.46. The van der Waals surface area contributed by atoms with Crippen molar-refractivity contribution in [2.24, 2.45) is 5.41 Å². The summed E-state index contributed by atoms with van der Waals surface area (Å²) in [4.78, 5) is 0. The molecule has 0 saturated carbocycles. The van der Waals surface area contributed by atoms with Crippen molar-refractivity contribution in [2.75, 3.05) is 0 Å². The molecular weight excluding hydrogens is 314 g/mol. The van der Waals surface area contributed by atoms with Crippen LogP contribution in [0.2, 0.25) is 0 Å². The Balaban J connectivity index is 2.17. The quantitative estimate of drug-likeness (QED) is 0.707. The van der Waals surface area contributed by atoms with Crippen LogP contribution in [0.4, 0.5) is 0 Å². The first-order valence-corrected chi connectivity index (χ1v) is 7.87. The number of halogens is 1. The normalized spacial score (nSPS) is 11.8. The highest BCUT2D eigenvalue weighted by atomic mass is 79.9. The lowest BCUT2D eigenvalue weighted by Crippen LogP contribution is -2.05. The zero-order valence-electron chi connectivity index (χ0n) is 12.7. The van der Waals surface area contributed by atoms with Crippen LogP contribution in [0.25, 0.3) is 11.3 Å². The minimum Gasteiger partial charge on any atom is -0.356 e. The Labute approximate surface area is 129 Å². The van der Waals surface area contributed by atoms with Crippen LogP contribution in [0.3, 0.4) is 0 Å². The number of hydrogen-bond acceptors (Lipinski definition) is 2. The van der Waals surface area contributed by atoms with E-state index in [0.717, 1.165) is 34.3 Å². The molecule has 0 fully saturated rings.